The molecule has 0 saturated carbocycles. The quantitative estimate of drug-likeness (QED) is 0.503. The first-order valence-corrected chi connectivity index (χ1v) is 12.3. The number of nitrogens with zero attached hydrogens (tertiary/aromatic N) is 1. The highest BCUT2D eigenvalue weighted by molar-refractivity contribution is 7.92. The molecule has 1 N–H and O–H groups in total. The van der Waals surface area contributed by atoms with Gasteiger partial charge in [-0.05, 0) is 63.4 Å². The van der Waals surface area contributed by atoms with Gasteiger partial charge in [0, 0.05) is 6.54 Å². The highest BCUT2D eigenvalue weighted by Crippen LogP contribution is 2.29. The van der Waals surface area contributed by atoms with Crippen LogP contribution in [0.4, 0.5) is 5.69 Å². The van der Waals surface area contributed by atoms with E-state index < -0.39 is 10.0 Å². The molecule has 170 valence electrons. The van der Waals surface area contributed by atoms with E-state index in [9.17, 15) is 13.2 Å². The van der Waals surface area contributed by atoms with Crippen LogP contribution in [0.2, 0.25) is 0 Å². The molecule has 0 fully saturated rings. The number of nitrogens with one attached hydrogen (secondary N) is 1. The molecular weight excluding hydrogens is 416 g/mol. The van der Waals surface area contributed by atoms with Gasteiger partial charge in [-0.2, -0.15) is 0 Å². The lowest BCUT2D eigenvalue weighted by Crippen LogP contribution is -2.40. The van der Waals surface area contributed by atoms with Crippen molar-refractivity contribution in [2.45, 2.75) is 39.7 Å². The van der Waals surface area contributed by atoms with Gasteiger partial charge in [0.1, 0.15) is 18.0 Å². The zero-order valence-electron chi connectivity index (χ0n) is 18.6. The second-order valence-corrected chi connectivity index (χ2v) is 9.34. The van der Waals surface area contributed by atoms with Crippen LogP contribution in [-0.4, -0.2) is 46.4 Å². The maximum absolute atomic E-state index is 12.5. The molecule has 0 aliphatic rings. The van der Waals surface area contributed by atoms with Crippen molar-refractivity contribution in [2.24, 2.45) is 0 Å². The lowest BCUT2D eigenvalue weighted by atomic mass is 10.1. The van der Waals surface area contributed by atoms with E-state index in [1.54, 1.807) is 24.3 Å². The third-order valence-electron chi connectivity index (χ3n) is 4.36. The number of carbonyl (C=O) groups is 1. The maximum Gasteiger partial charge on any atom is 0.240 e. The fourth-order valence-corrected chi connectivity index (χ4v) is 3.93. The van der Waals surface area contributed by atoms with Crippen LogP contribution in [0.15, 0.2) is 48.5 Å². The Balaban J connectivity index is 1.93. The average Bonchev–Trinajstić information content (AvgIpc) is 2.69. The second kappa shape index (κ2) is 11.6. The number of ether oxygens (including phenoxy) is 2. The Kier molecular flexibility index (Phi) is 9.18. The van der Waals surface area contributed by atoms with Crippen LogP contribution in [0.5, 0.6) is 11.5 Å². The van der Waals surface area contributed by atoms with Gasteiger partial charge in [0.2, 0.25) is 15.9 Å². The fourth-order valence-electron chi connectivity index (χ4n) is 3.07. The summed E-state index contributed by atoms with van der Waals surface area (Å²) in [6.07, 6.45) is 2.69. The van der Waals surface area contributed by atoms with Gasteiger partial charge in [-0.3, -0.25) is 9.10 Å². The molecule has 0 aliphatic carbocycles. The molecule has 0 saturated heterocycles. The van der Waals surface area contributed by atoms with E-state index in [4.69, 9.17) is 9.47 Å². The summed E-state index contributed by atoms with van der Waals surface area (Å²) in [5, 5.41) is 2.81. The summed E-state index contributed by atoms with van der Waals surface area (Å²) in [7, 11) is -3.66. The summed E-state index contributed by atoms with van der Waals surface area (Å²) < 4.78 is 36.9. The number of carbonyl (C=O) groups excluding carboxylic acids is 1. The van der Waals surface area contributed by atoms with E-state index in [1.807, 2.05) is 45.0 Å². The van der Waals surface area contributed by atoms with E-state index in [2.05, 4.69) is 5.32 Å². The van der Waals surface area contributed by atoms with Crippen LogP contribution in [-0.2, 0) is 21.2 Å². The summed E-state index contributed by atoms with van der Waals surface area (Å²) in [5.74, 6) is 0.883. The van der Waals surface area contributed by atoms with Gasteiger partial charge in [-0.25, -0.2) is 8.42 Å². The van der Waals surface area contributed by atoms with E-state index in [1.165, 1.54) is 0 Å². The molecule has 0 bridgehead atoms. The summed E-state index contributed by atoms with van der Waals surface area (Å²) in [4.78, 5) is 12.5. The summed E-state index contributed by atoms with van der Waals surface area (Å²) in [6.45, 7) is 6.31. The minimum absolute atomic E-state index is 0.111. The number of hydrogen-bond donors (Lipinski definition) is 1. The number of amides is 1. The lowest BCUT2D eigenvalue weighted by Gasteiger charge is -2.24. The predicted octanol–water partition coefficient (Wildman–Crippen LogP) is 3.39. The van der Waals surface area contributed by atoms with Crippen molar-refractivity contribution in [1.29, 1.82) is 0 Å². The predicted molar refractivity (Wildman–Crippen MR) is 123 cm³/mol. The molecule has 0 atom stereocenters. The van der Waals surface area contributed by atoms with Crippen LogP contribution in [0.3, 0.4) is 0 Å². The Bertz CT molecular complexity index is 960. The molecular formula is C23H32N2O5S. The molecule has 31 heavy (non-hydrogen) atoms. The number of para-hydroxylation sites is 2. The van der Waals surface area contributed by atoms with Crippen LogP contribution in [0.25, 0.3) is 0 Å². The zero-order valence-corrected chi connectivity index (χ0v) is 19.4. The smallest absolute Gasteiger partial charge is 0.240 e. The molecule has 0 spiro atoms. The first-order valence-electron chi connectivity index (χ1n) is 10.4. The molecule has 0 heterocycles. The zero-order chi connectivity index (χ0) is 22.9. The summed E-state index contributed by atoms with van der Waals surface area (Å²) in [6, 6.07) is 14.7. The van der Waals surface area contributed by atoms with Gasteiger partial charge < -0.3 is 14.8 Å². The lowest BCUT2D eigenvalue weighted by molar-refractivity contribution is -0.119. The Morgan fingerprint density at radius 3 is 2.55 bits per heavy atom. The first kappa shape index (κ1) is 24.5. The number of aryl methyl sites for hydroxylation is 1. The standard InChI is InChI=1S/C23H32N2O5S/c1-5-29-22-14-7-6-13-21(22)25(31(4,27)28)17-23(26)24-15-9-11-19-10-8-12-20(16-19)30-18(2)3/h6-8,10,12-14,16,18H,5,9,11,15,17H2,1-4H3,(H,24,26). The van der Waals surface area contributed by atoms with Crippen LogP contribution in [0, 0.1) is 0 Å². The number of benzene rings is 2. The minimum Gasteiger partial charge on any atom is -0.492 e. The average molecular weight is 449 g/mol. The van der Waals surface area contributed by atoms with Crippen LogP contribution < -0.4 is 19.1 Å². The Morgan fingerprint density at radius 1 is 1.13 bits per heavy atom. The van der Waals surface area contributed by atoms with Gasteiger partial charge in [0.25, 0.3) is 0 Å². The van der Waals surface area contributed by atoms with Gasteiger partial charge in [0.05, 0.1) is 24.7 Å². The Morgan fingerprint density at radius 2 is 1.87 bits per heavy atom. The normalized spacial score (nSPS) is 11.3. The van der Waals surface area contributed by atoms with E-state index in [0.717, 1.165) is 34.7 Å². The van der Waals surface area contributed by atoms with Gasteiger partial charge in [-0.15, -0.1) is 0 Å². The SMILES string of the molecule is CCOc1ccccc1N(CC(=O)NCCCc1cccc(OC(C)C)c1)S(C)(=O)=O. The molecule has 2 rings (SSSR count). The number of anilines is 1. The highest BCUT2D eigenvalue weighted by Gasteiger charge is 2.23. The van der Waals surface area contributed by atoms with Crippen molar-refractivity contribution in [3.05, 3.63) is 54.1 Å². The largest absolute Gasteiger partial charge is 0.492 e. The second-order valence-electron chi connectivity index (χ2n) is 7.44. The maximum atomic E-state index is 12.5. The summed E-state index contributed by atoms with van der Waals surface area (Å²) in [5.41, 5.74) is 1.47. The first-order chi connectivity index (χ1) is 14.7. The molecule has 2 aromatic carbocycles. The molecule has 1 amide bonds. The molecule has 0 aromatic heterocycles. The van der Waals surface area contributed by atoms with Crippen LogP contribution >= 0.6 is 0 Å². The van der Waals surface area contributed by atoms with Gasteiger partial charge in [0.15, 0.2) is 0 Å². The fraction of sp³-hybridized carbons (Fsp3) is 0.435. The van der Waals surface area contributed by atoms with E-state index in [0.29, 0.717) is 24.6 Å². The van der Waals surface area contributed by atoms with Crippen LogP contribution in [0.1, 0.15) is 32.8 Å². The third-order valence-corrected chi connectivity index (χ3v) is 5.48. The third kappa shape index (κ3) is 8.13. The van der Waals surface area contributed by atoms with E-state index >= 15 is 0 Å². The monoisotopic (exact) mass is 448 g/mol. The van der Waals surface area contributed by atoms with Crippen molar-refractivity contribution in [2.75, 3.05) is 30.3 Å². The van der Waals surface area contributed by atoms with Crippen molar-refractivity contribution in [1.82, 2.24) is 5.32 Å². The minimum atomic E-state index is -3.66. The van der Waals surface area contributed by atoms with E-state index in [-0.39, 0.29) is 18.6 Å². The number of sulfonamides is 1. The molecule has 0 unspecified atom stereocenters. The molecule has 8 heteroatoms. The summed E-state index contributed by atoms with van der Waals surface area (Å²) >= 11 is 0. The highest BCUT2D eigenvalue weighted by atomic mass is 32.2. The Labute approximate surface area is 185 Å². The van der Waals surface area contributed by atoms with Crippen molar-refractivity contribution in [3.63, 3.8) is 0 Å². The Hall–Kier alpha value is -2.74. The molecule has 7 nitrogen and oxygen atoms in total. The van der Waals surface area contributed by atoms with Crippen molar-refractivity contribution >= 4 is 21.6 Å². The van der Waals surface area contributed by atoms with Gasteiger partial charge >= 0.3 is 0 Å². The molecule has 0 aliphatic heterocycles. The molecule has 0 radical (unpaired) electrons. The van der Waals surface area contributed by atoms with Crippen molar-refractivity contribution in [3.8, 4) is 11.5 Å². The topological polar surface area (TPSA) is 84.9 Å². The number of rotatable bonds is 12. The van der Waals surface area contributed by atoms with Gasteiger partial charge in [-0.1, -0.05) is 24.3 Å². The number of hydrogen-bond acceptors (Lipinski definition) is 5. The molecule has 2 aromatic rings. The van der Waals surface area contributed by atoms with Crippen molar-refractivity contribution < 1.29 is 22.7 Å².